The lowest BCUT2D eigenvalue weighted by atomic mass is 9.97. The third-order valence-corrected chi connectivity index (χ3v) is 4.75. The maximum atomic E-state index is 13.0. The second-order valence-corrected chi connectivity index (χ2v) is 6.59. The minimum atomic E-state index is -0.400. The van der Waals surface area contributed by atoms with Gasteiger partial charge >= 0.3 is 0 Å². The average molecular weight is 381 g/mol. The van der Waals surface area contributed by atoms with Crippen LogP contribution in [0.5, 0.6) is 0 Å². The van der Waals surface area contributed by atoms with E-state index in [0.717, 1.165) is 11.1 Å². The van der Waals surface area contributed by atoms with E-state index in [9.17, 15) is 9.59 Å². The van der Waals surface area contributed by atoms with Gasteiger partial charge < -0.3 is 9.88 Å². The van der Waals surface area contributed by atoms with Crippen LogP contribution in [0, 0.1) is 0 Å². The number of carbonyl (C=O) groups excluding carboxylic acids is 1. The minimum absolute atomic E-state index is 0.163. The van der Waals surface area contributed by atoms with Gasteiger partial charge in [0.05, 0.1) is 0 Å². The van der Waals surface area contributed by atoms with Gasteiger partial charge in [0.1, 0.15) is 5.56 Å². The van der Waals surface area contributed by atoms with E-state index in [-0.39, 0.29) is 11.5 Å². The molecule has 0 radical (unpaired) electrons. The number of hydrogen-bond acceptors (Lipinski definition) is 2. The lowest BCUT2D eigenvalue weighted by molar-refractivity contribution is 0.0772. The summed E-state index contributed by atoms with van der Waals surface area (Å²) in [6.07, 6.45) is 0. The third-order valence-electron chi connectivity index (χ3n) is 4.52. The predicted molar refractivity (Wildman–Crippen MR) is 110 cm³/mol. The Morgan fingerprint density at radius 2 is 1.63 bits per heavy atom. The monoisotopic (exact) mass is 380 g/mol. The molecule has 1 amide bonds. The van der Waals surface area contributed by atoms with Crippen LogP contribution in [-0.2, 0) is 0 Å². The van der Waals surface area contributed by atoms with E-state index in [0.29, 0.717) is 29.4 Å². The van der Waals surface area contributed by atoms with Gasteiger partial charge in [-0.05, 0) is 43.2 Å². The van der Waals surface area contributed by atoms with Gasteiger partial charge in [-0.3, -0.25) is 9.59 Å². The maximum absolute atomic E-state index is 13.0. The second kappa shape index (κ2) is 8.23. The first-order valence-corrected chi connectivity index (χ1v) is 9.30. The fraction of sp³-hybridized carbons (Fsp3) is 0.182. The molecule has 0 spiro atoms. The summed E-state index contributed by atoms with van der Waals surface area (Å²) in [5, 5.41) is 0.581. The Morgan fingerprint density at radius 1 is 0.963 bits per heavy atom. The molecule has 0 saturated heterocycles. The van der Waals surface area contributed by atoms with E-state index < -0.39 is 5.56 Å². The van der Waals surface area contributed by atoms with E-state index in [4.69, 9.17) is 11.6 Å². The van der Waals surface area contributed by atoms with Crippen molar-refractivity contribution >= 4 is 17.5 Å². The summed E-state index contributed by atoms with van der Waals surface area (Å²) >= 11 is 6.10. The lowest BCUT2D eigenvalue weighted by Gasteiger charge is -2.20. The molecule has 27 heavy (non-hydrogen) atoms. The van der Waals surface area contributed by atoms with E-state index in [1.54, 1.807) is 17.0 Å². The quantitative estimate of drug-likeness (QED) is 0.688. The zero-order chi connectivity index (χ0) is 19.4. The average Bonchev–Trinajstić information content (AvgIpc) is 2.69. The molecule has 0 aliphatic carbocycles. The molecule has 4 nitrogen and oxygen atoms in total. The van der Waals surface area contributed by atoms with Crippen LogP contribution in [0.1, 0.15) is 24.2 Å². The number of aromatic nitrogens is 1. The number of H-pyrrole nitrogens is 1. The number of amides is 1. The molecule has 0 unspecified atom stereocenters. The number of carbonyl (C=O) groups is 1. The molecule has 2 aromatic carbocycles. The number of nitrogens with zero attached hydrogens (tertiary/aromatic N) is 1. The fourth-order valence-electron chi connectivity index (χ4n) is 3.10. The molecule has 138 valence electrons. The van der Waals surface area contributed by atoms with Crippen molar-refractivity contribution in [2.45, 2.75) is 13.8 Å². The van der Waals surface area contributed by atoms with Gasteiger partial charge in [-0.15, -0.1) is 0 Å². The fourth-order valence-corrected chi connectivity index (χ4v) is 3.29. The number of pyridine rings is 1. The Kier molecular flexibility index (Phi) is 5.77. The predicted octanol–water partition coefficient (Wildman–Crippen LogP) is 4.84. The molecule has 5 heteroatoms. The Bertz CT molecular complexity index is 1010. The molecule has 0 bridgehead atoms. The number of nitrogens with one attached hydrogen (secondary N) is 1. The Labute approximate surface area is 163 Å². The van der Waals surface area contributed by atoms with Crippen molar-refractivity contribution < 1.29 is 4.79 Å². The van der Waals surface area contributed by atoms with Crippen molar-refractivity contribution in [1.82, 2.24) is 9.88 Å². The minimum Gasteiger partial charge on any atom is -0.339 e. The number of benzene rings is 2. The Hall–Kier alpha value is -2.85. The maximum Gasteiger partial charge on any atom is 0.261 e. The smallest absolute Gasteiger partial charge is 0.261 e. The van der Waals surface area contributed by atoms with Crippen LogP contribution in [-0.4, -0.2) is 28.9 Å². The van der Waals surface area contributed by atoms with Gasteiger partial charge in [-0.25, -0.2) is 0 Å². The van der Waals surface area contributed by atoms with E-state index in [1.165, 1.54) is 0 Å². The van der Waals surface area contributed by atoms with Gasteiger partial charge in [-0.2, -0.15) is 0 Å². The van der Waals surface area contributed by atoms with Gasteiger partial charge in [-0.1, -0.05) is 54.1 Å². The standard InChI is InChI=1S/C22H21ClN2O2/c1-3-25(4-2)22(27)20-18(15-9-6-5-7-10-15)14-19(24-21(20)26)16-11-8-12-17(23)13-16/h5-14H,3-4H2,1-2H3,(H,24,26). The lowest BCUT2D eigenvalue weighted by Crippen LogP contribution is -2.35. The highest BCUT2D eigenvalue weighted by atomic mass is 35.5. The van der Waals surface area contributed by atoms with Crippen LogP contribution in [0.4, 0.5) is 0 Å². The Balaban J connectivity index is 2.25. The largest absolute Gasteiger partial charge is 0.339 e. The molecular formula is C22H21ClN2O2. The van der Waals surface area contributed by atoms with Crippen LogP contribution in [0.2, 0.25) is 5.02 Å². The summed E-state index contributed by atoms with van der Waals surface area (Å²) in [5.41, 5.74) is 2.61. The summed E-state index contributed by atoms with van der Waals surface area (Å²) in [7, 11) is 0. The van der Waals surface area contributed by atoms with Crippen molar-refractivity contribution in [2.75, 3.05) is 13.1 Å². The van der Waals surface area contributed by atoms with E-state index >= 15 is 0 Å². The Morgan fingerprint density at radius 3 is 2.26 bits per heavy atom. The summed E-state index contributed by atoms with van der Waals surface area (Å²) in [6, 6.07) is 18.6. The van der Waals surface area contributed by atoms with Crippen LogP contribution in [0.3, 0.4) is 0 Å². The van der Waals surface area contributed by atoms with Gasteiger partial charge in [0.25, 0.3) is 11.5 Å². The second-order valence-electron chi connectivity index (χ2n) is 6.15. The first-order valence-electron chi connectivity index (χ1n) is 8.93. The molecule has 0 aliphatic rings. The molecule has 1 N–H and O–H groups in total. The first-order chi connectivity index (χ1) is 13.0. The number of halogens is 1. The van der Waals surface area contributed by atoms with Gasteiger partial charge in [0.2, 0.25) is 0 Å². The van der Waals surface area contributed by atoms with Crippen molar-refractivity contribution in [3.63, 3.8) is 0 Å². The third kappa shape index (κ3) is 3.96. The number of hydrogen-bond donors (Lipinski definition) is 1. The van der Waals surface area contributed by atoms with Crippen molar-refractivity contribution in [3.05, 3.63) is 81.6 Å². The van der Waals surface area contributed by atoms with Gasteiger partial charge in [0, 0.05) is 29.4 Å². The molecule has 0 aliphatic heterocycles. The van der Waals surface area contributed by atoms with Crippen molar-refractivity contribution in [2.24, 2.45) is 0 Å². The molecule has 3 rings (SSSR count). The highest BCUT2D eigenvalue weighted by Gasteiger charge is 2.22. The van der Waals surface area contributed by atoms with Crippen LogP contribution < -0.4 is 5.56 Å². The molecule has 0 fully saturated rings. The van der Waals surface area contributed by atoms with E-state index in [2.05, 4.69) is 4.98 Å². The highest BCUT2D eigenvalue weighted by Crippen LogP contribution is 2.28. The van der Waals surface area contributed by atoms with Crippen LogP contribution >= 0.6 is 11.6 Å². The summed E-state index contributed by atoms with van der Waals surface area (Å²) < 4.78 is 0. The number of aromatic amines is 1. The first kappa shape index (κ1) is 18.9. The van der Waals surface area contributed by atoms with Crippen LogP contribution in [0.25, 0.3) is 22.4 Å². The van der Waals surface area contributed by atoms with Crippen molar-refractivity contribution in [1.29, 1.82) is 0 Å². The SMILES string of the molecule is CCN(CC)C(=O)c1c(-c2ccccc2)cc(-c2cccc(Cl)c2)[nH]c1=O. The zero-order valence-corrected chi connectivity index (χ0v) is 16.1. The number of rotatable bonds is 5. The summed E-state index contributed by atoms with van der Waals surface area (Å²) in [6.45, 7) is 4.88. The molecule has 0 atom stereocenters. The van der Waals surface area contributed by atoms with Gasteiger partial charge in [0.15, 0.2) is 0 Å². The molecule has 3 aromatic rings. The summed E-state index contributed by atoms with van der Waals surface area (Å²) in [4.78, 5) is 30.4. The van der Waals surface area contributed by atoms with E-state index in [1.807, 2.05) is 62.4 Å². The highest BCUT2D eigenvalue weighted by molar-refractivity contribution is 6.30. The van der Waals surface area contributed by atoms with Crippen molar-refractivity contribution in [3.8, 4) is 22.4 Å². The molecular weight excluding hydrogens is 360 g/mol. The normalized spacial score (nSPS) is 10.6. The zero-order valence-electron chi connectivity index (χ0n) is 15.3. The summed E-state index contributed by atoms with van der Waals surface area (Å²) in [5.74, 6) is -0.266. The van der Waals surface area contributed by atoms with Crippen LogP contribution in [0.15, 0.2) is 65.5 Å². The molecule has 1 aromatic heterocycles. The molecule has 1 heterocycles. The topological polar surface area (TPSA) is 53.2 Å². The molecule has 0 saturated carbocycles.